The maximum Gasteiger partial charge on any atom is 0.257 e. The zero-order chi connectivity index (χ0) is 28.3. The van der Waals surface area contributed by atoms with Gasteiger partial charge in [0.2, 0.25) is 5.91 Å². The fraction of sp³-hybridized carbons (Fsp3) is 0.484. The molecule has 1 aliphatic heterocycles. The number of aryl methyl sites for hydroxylation is 1. The molecule has 2 aliphatic carbocycles. The van der Waals surface area contributed by atoms with Crippen molar-refractivity contribution in [1.82, 2.24) is 14.9 Å². The fourth-order valence-electron chi connectivity index (χ4n) is 6.89. The SMILES string of the molecule is CCC(C=O)c1cc2n(c(=O)c1COC)Cc1c-2nc2cc(F)c(C)c3c2c1C(NC(=O)C1(CO)CCC1)CC3. The Morgan fingerprint density at radius 3 is 2.75 bits per heavy atom. The average molecular weight is 548 g/mol. The smallest absolute Gasteiger partial charge is 0.257 e. The Morgan fingerprint density at radius 2 is 2.12 bits per heavy atom. The summed E-state index contributed by atoms with van der Waals surface area (Å²) >= 11 is 0. The molecule has 1 aromatic carbocycles. The lowest BCUT2D eigenvalue weighted by Gasteiger charge is -2.40. The average Bonchev–Trinajstić information content (AvgIpc) is 3.28. The van der Waals surface area contributed by atoms with Crippen LogP contribution in [0.25, 0.3) is 22.3 Å². The predicted octanol–water partition coefficient (Wildman–Crippen LogP) is 3.98. The van der Waals surface area contributed by atoms with Crippen LogP contribution < -0.4 is 10.9 Å². The first-order valence-corrected chi connectivity index (χ1v) is 14.1. The summed E-state index contributed by atoms with van der Waals surface area (Å²) in [4.78, 5) is 44.1. The van der Waals surface area contributed by atoms with Crippen LogP contribution in [0, 0.1) is 18.2 Å². The quantitative estimate of drug-likeness (QED) is 0.323. The summed E-state index contributed by atoms with van der Waals surface area (Å²) in [5.74, 6) is -0.973. The van der Waals surface area contributed by atoms with Gasteiger partial charge in [-0.3, -0.25) is 9.59 Å². The summed E-state index contributed by atoms with van der Waals surface area (Å²) in [6.07, 6.45) is 4.73. The summed E-state index contributed by atoms with van der Waals surface area (Å²) in [6, 6.07) is 2.92. The van der Waals surface area contributed by atoms with Gasteiger partial charge in [0.25, 0.3) is 5.56 Å². The maximum absolute atomic E-state index is 15.1. The Labute approximate surface area is 231 Å². The zero-order valence-electron chi connectivity index (χ0n) is 23.1. The number of carbonyl (C=O) groups excluding carboxylic acids is 2. The summed E-state index contributed by atoms with van der Waals surface area (Å²) in [5.41, 5.74) is 4.84. The van der Waals surface area contributed by atoms with Crippen LogP contribution in [-0.4, -0.2) is 40.6 Å². The van der Waals surface area contributed by atoms with E-state index in [4.69, 9.17) is 9.72 Å². The molecule has 3 aromatic rings. The molecule has 0 saturated heterocycles. The lowest BCUT2D eigenvalue weighted by molar-refractivity contribution is -0.140. The molecule has 6 rings (SSSR count). The van der Waals surface area contributed by atoms with Crippen LogP contribution >= 0.6 is 0 Å². The molecule has 0 spiro atoms. The van der Waals surface area contributed by atoms with Gasteiger partial charge in [-0.05, 0) is 67.3 Å². The predicted molar refractivity (Wildman–Crippen MR) is 148 cm³/mol. The van der Waals surface area contributed by atoms with Crippen LogP contribution in [0.15, 0.2) is 16.9 Å². The standard InChI is InChI=1S/C31H34FN3O5/c1-4-17(13-36)19-10-25-28-20(12-35(25)29(38)21(19)14-40-3)27-23(34-30(39)31(15-37)8-5-9-31)7-6-18-16(2)22(32)11-24(33-28)26(18)27/h10-11,13,17,23,37H,4-9,12,14-15H2,1-3H3,(H,34,39). The molecule has 3 heterocycles. The second-order valence-electron chi connectivity index (χ2n) is 11.5. The van der Waals surface area contributed by atoms with E-state index < -0.39 is 11.3 Å². The number of nitrogens with one attached hydrogen (secondary N) is 1. The van der Waals surface area contributed by atoms with Gasteiger partial charge in [0.15, 0.2) is 0 Å². The van der Waals surface area contributed by atoms with Crippen LogP contribution in [-0.2, 0) is 33.9 Å². The van der Waals surface area contributed by atoms with Gasteiger partial charge < -0.3 is 24.5 Å². The number of aliphatic hydroxyl groups is 1. The first-order valence-electron chi connectivity index (χ1n) is 14.1. The van der Waals surface area contributed by atoms with E-state index in [2.05, 4.69) is 5.32 Å². The van der Waals surface area contributed by atoms with E-state index in [9.17, 15) is 19.5 Å². The Bertz CT molecular complexity index is 1620. The number of rotatable bonds is 8. The van der Waals surface area contributed by atoms with E-state index in [0.717, 1.165) is 34.8 Å². The minimum atomic E-state index is -0.762. The molecule has 40 heavy (non-hydrogen) atoms. The number of nitrogens with zero attached hydrogens (tertiary/aromatic N) is 2. The van der Waals surface area contributed by atoms with Gasteiger partial charge in [0.1, 0.15) is 12.1 Å². The van der Waals surface area contributed by atoms with Crippen molar-refractivity contribution in [3.05, 3.63) is 61.7 Å². The lowest BCUT2D eigenvalue weighted by atomic mass is 9.68. The summed E-state index contributed by atoms with van der Waals surface area (Å²) in [7, 11) is 1.52. The minimum absolute atomic E-state index is 0.0773. The first kappa shape index (κ1) is 26.8. The van der Waals surface area contributed by atoms with E-state index in [1.54, 1.807) is 11.5 Å². The van der Waals surface area contributed by atoms with Crippen molar-refractivity contribution in [2.45, 2.75) is 77.5 Å². The molecular formula is C31H34FN3O5. The Hall–Kier alpha value is -3.43. The highest BCUT2D eigenvalue weighted by Gasteiger charge is 2.45. The van der Waals surface area contributed by atoms with Crippen molar-refractivity contribution in [1.29, 1.82) is 0 Å². The number of aromatic nitrogens is 2. The van der Waals surface area contributed by atoms with Crippen molar-refractivity contribution in [2.24, 2.45) is 5.41 Å². The molecule has 3 aliphatic rings. The van der Waals surface area contributed by atoms with E-state index in [0.29, 0.717) is 65.7 Å². The lowest BCUT2D eigenvalue weighted by Crippen LogP contribution is -2.49. The molecule has 9 heteroatoms. The van der Waals surface area contributed by atoms with Gasteiger partial charge >= 0.3 is 0 Å². The van der Waals surface area contributed by atoms with Crippen molar-refractivity contribution < 1.29 is 23.8 Å². The molecule has 1 saturated carbocycles. The number of carbonyl (C=O) groups is 2. The molecule has 2 aromatic heterocycles. The van der Waals surface area contributed by atoms with Crippen molar-refractivity contribution >= 4 is 23.1 Å². The number of aldehydes is 1. The third-order valence-electron chi connectivity index (χ3n) is 9.46. The second-order valence-corrected chi connectivity index (χ2v) is 11.5. The second kappa shape index (κ2) is 9.89. The zero-order valence-corrected chi connectivity index (χ0v) is 23.1. The van der Waals surface area contributed by atoms with Gasteiger partial charge in [-0.25, -0.2) is 9.37 Å². The fourth-order valence-corrected chi connectivity index (χ4v) is 6.89. The van der Waals surface area contributed by atoms with Gasteiger partial charge in [0.05, 0.1) is 48.1 Å². The van der Waals surface area contributed by atoms with Crippen LogP contribution in [0.4, 0.5) is 4.39 Å². The van der Waals surface area contributed by atoms with E-state index >= 15 is 4.39 Å². The number of methoxy groups -OCH3 is 1. The number of hydrogen-bond acceptors (Lipinski definition) is 6. The molecule has 210 valence electrons. The molecule has 2 N–H and O–H groups in total. The highest BCUT2D eigenvalue weighted by molar-refractivity contribution is 5.94. The molecule has 0 radical (unpaired) electrons. The molecule has 0 bridgehead atoms. The van der Waals surface area contributed by atoms with Gasteiger partial charge in [-0.15, -0.1) is 0 Å². The monoisotopic (exact) mass is 547 g/mol. The normalized spacial score (nSPS) is 19.1. The number of aliphatic hydroxyl groups excluding tert-OH is 1. The Morgan fingerprint density at radius 1 is 1.35 bits per heavy atom. The highest BCUT2D eigenvalue weighted by atomic mass is 19.1. The molecular weight excluding hydrogens is 513 g/mol. The summed E-state index contributed by atoms with van der Waals surface area (Å²) in [6.45, 7) is 3.79. The number of hydrogen-bond donors (Lipinski definition) is 2. The molecule has 2 atom stereocenters. The van der Waals surface area contributed by atoms with Crippen LogP contribution in [0.2, 0.25) is 0 Å². The van der Waals surface area contributed by atoms with Crippen LogP contribution in [0.5, 0.6) is 0 Å². The van der Waals surface area contributed by atoms with Crippen molar-refractivity contribution in [3.63, 3.8) is 0 Å². The molecule has 1 amide bonds. The Balaban J connectivity index is 1.58. The van der Waals surface area contributed by atoms with Crippen LogP contribution in [0.3, 0.4) is 0 Å². The Kier molecular flexibility index (Phi) is 6.62. The van der Waals surface area contributed by atoms with E-state index in [1.807, 2.05) is 13.0 Å². The van der Waals surface area contributed by atoms with Crippen molar-refractivity contribution in [2.75, 3.05) is 13.7 Å². The molecule has 8 nitrogen and oxygen atoms in total. The van der Waals surface area contributed by atoms with Crippen LogP contribution in [0.1, 0.15) is 84.4 Å². The highest BCUT2D eigenvalue weighted by Crippen LogP contribution is 2.46. The van der Waals surface area contributed by atoms with Gasteiger partial charge in [0, 0.05) is 35.6 Å². The van der Waals surface area contributed by atoms with Gasteiger partial charge in [-0.1, -0.05) is 13.3 Å². The van der Waals surface area contributed by atoms with Crippen molar-refractivity contribution in [3.8, 4) is 11.4 Å². The summed E-state index contributed by atoms with van der Waals surface area (Å²) < 4.78 is 22.1. The topological polar surface area (TPSA) is 111 Å². The number of pyridine rings is 2. The third-order valence-corrected chi connectivity index (χ3v) is 9.46. The number of halogens is 1. The minimum Gasteiger partial charge on any atom is -0.395 e. The third kappa shape index (κ3) is 3.78. The first-order chi connectivity index (χ1) is 19.3. The van der Waals surface area contributed by atoms with E-state index in [1.165, 1.54) is 13.2 Å². The summed E-state index contributed by atoms with van der Waals surface area (Å²) in [5, 5.41) is 14.1. The number of benzene rings is 1. The number of ether oxygens (including phenoxy) is 1. The number of amides is 1. The largest absolute Gasteiger partial charge is 0.395 e. The molecule has 1 fully saturated rings. The molecule has 2 unspecified atom stereocenters. The maximum atomic E-state index is 15.1. The number of fused-ring (bicyclic) bond motifs is 4. The van der Waals surface area contributed by atoms with E-state index in [-0.39, 0.29) is 43.1 Å². The van der Waals surface area contributed by atoms with Gasteiger partial charge in [-0.2, -0.15) is 0 Å².